The van der Waals surface area contributed by atoms with Gasteiger partial charge < -0.3 is 9.30 Å². The Morgan fingerprint density at radius 3 is 2.56 bits per heavy atom. The van der Waals surface area contributed by atoms with E-state index in [1.165, 1.54) is 4.90 Å². The maximum absolute atomic E-state index is 13.0. The standard InChI is InChI=1S/C20H21N3O3S/c1-13-11-15(14(2)22(13)9-10-26-3)12-17-18(24)21-20(27)23(19(17)25)16-7-5-4-6-8-16/h4-8,11-12H,9-10H2,1-3H3,(H,21,24,27)/b17-12+. The van der Waals surface area contributed by atoms with Crippen LogP contribution in [0.25, 0.3) is 6.08 Å². The zero-order valence-electron chi connectivity index (χ0n) is 15.5. The predicted octanol–water partition coefficient (Wildman–Crippen LogP) is 2.58. The number of ether oxygens (including phenoxy) is 1. The van der Waals surface area contributed by atoms with Gasteiger partial charge in [-0.2, -0.15) is 0 Å². The van der Waals surface area contributed by atoms with Crippen molar-refractivity contribution in [3.8, 4) is 0 Å². The van der Waals surface area contributed by atoms with Gasteiger partial charge in [-0.1, -0.05) is 18.2 Å². The first kappa shape index (κ1) is 19.0. The molecule has 1 saturated heterocycles. The van der Waals surface area contributed by atoms with Crippen LogP contribution >= 0.6 is 12.2 Å². The molecule has 0 spiro atoms. The molecule has 0 unspecified atom stereocenters. The Morgan fingerprint density at radius 1 is 1.19 bits per heavy atom. The Kier molecular flexibility index (Phi) is 5.53. The molecule has 1 aliphatic heterocycles. The van der Waals surface area contributed by atoms with Crippen LogP contribution < -0.4 is 10.2 Å². The number of aromatic nitrogens is 1. The topological polar surface area (TPSA) is 63.6 Å². The summed E-state index contributed by atoms with van der Waals surface area (Å²) >= 11 is 5.21. The average Bonchev–Trinajstić information content (AvgIpc) is 2.91. The van der Waals surface area contributed by atoms with Gasteiger partial charge in [0.25, 0.3) is 11.8 Å². The number of nitrogens with one attached hydrogen (secondary N) is 1. The molecule has 7 heteroatoms. The molecule has 1 aromatic heterocycles. The van der Waals surface area contributed by atoms with E-state index in [1.807, 2.05) is 38.1 Å². The highest BCUT2D eigenvalue weighted by molar-refractivity contribution is 7.80. The number of carbonyl (C=O) groups is 2. The molecule has 27 heavy (non-hydrogen) atoms. The largest absolute Gasteiger partial charge is 0.383 e. The lowest BCUT2D eigenvalue weighted by Gasteiger charge is -2.28. The second-order valence-corrected chi connectivity index (χ2v) is 6.65. The molecule has 2 amide bonds. The first-order valence-electron chi connectivity index (χ1n) is 8.56. The van der Waals surface area contributed by atoms with Gasteiger partial charge in [0.2, 0.25) is 0 Å². The molecule has 3 rings (SSSR count). The van der Waals surface area contributed by atoms with E-state index in [1.54, 1.807) is 25.3 Å². The van der Waals surface area contributed by atoms with Crippen molar-refractivity contribution in [3.05, 3.63) is 58.9 Å². The third kappa shape index (κ3) is 3.70. The number of carbonyl (C=O) groups excluding carboxylic acids is 2. The molecule has 0 atom stereocenters. The van der Waals surface area contributed by atoms with Crippen molar-refractivity contribution >= 4 is 40.9 Å². The summed E-state index contributed by atoms with van der Waals surface area (Å²) in [6.45, 7) is 5.23. The van der Waals surface area contributed by atoms with Gasteiger partial charge in [-0.25, -0.2) is 0 Å². The van der Waals surface area contributed by atoms with Crippen LogP contribution in [0.15, 0.2) is 42.0 Å². The van der Waals surface area contributed by atoms with E-state index in [2.05, 4.69) is 9.88 Å². The quantitative estimate of drug-likeness (QED) is 0.490. The van der Waals surface area contributed by atoms with Crippen LogP contribution in [0.1, 0.15) is 17.0 Å². The zero-order chi connectivity index (χ0) is 19.6. The predicted molar refractivity (Wildman–Crippen MR) is 108 cm³/mol. The van der Waals surface area contributed by atoms with Crippen molar-refractivity contribution in [2.75, 3.05) is 18.6 Å². The number of nitrogens with zero attached hydrogens (tertiary/aromatic N) is 2. The fourth-order valence-corrected chi connectivity index (χ4v) is 3.41. The molecule has 2 aromatic rings. The van der Waals surface area contributed by atoms with Crippen LogP contribution in [0.2, 0.25) is 0 Å². The van der Waals surface area contributed by atoms with E-state index in [9.17, 15) is 9.59 Å². The van der Waals surface area contributed by atoms with Gasteiger partial charge in [0, 0.05) is 25.0 Å². The van der Waals surface area contributed by atoms with E-state index in [0.29, 0.717) is 18.8 Å². The summed E-state index contributed by atoms with van der Waals surface area (Å²) in [5.74, 6) is -0.921. The van der Waals surface area contributed by atoms with Gasteiger partial charge in [-0.15, -0.1) is 0 Å². The van der Waals surface area contributed by atoms with E-state index in [4.69, 9.17) is 17.0 Å². The molecule has 2 heterocycles. The number of para-hydroxylation sites is 1. The van der Waals surface area contributed by atoms with Crippen molar-refractivity contribution in [3.63, 3.8) is 0 Å². The highest BCUT2D eigenvalue weighted by atomic mass is 32.1. The number of aryl methyl sites for hydroxylation is 1. The third-order valence-corrected chi connectivity index (χ3v) is 4.83. The minimum absolute atomic E-state index is 0.0550. The number of rotatable bonds is 5. The Balaban J connectivity index is 1.99. The van der Waals surface area contributed by atoms with Crippen LogP contribution in [0.3, 0.4) is 0 Å². The first-order chi connectivity index (χ1) is 12.9. The molecule has 0 bridgehead atoms. The molecule has 1 aliphatic rings. The number of benzene rings is 1. The van der Waals surface area contributed by atoms with E-state index in [-0.39, 0.29) is 10.7 Å². The van der Waals surface area contributed by atoms with Crippen molar-refractivity contribution < 1.29 is 14.3 Å². The van der Waals surface area contributed by atoms with E-state index in [0.717, 1.165) is 17.0 Å². The van der Waals surface area contributed by atoms with Crippen molar-refractivity contribution in [2.45, 2.75) is 20.4 Å². The Labute approximate surface area is 163 Å². The number of anilines is 1. The van der Waals surface area contributed by atoms with E-state index < -0.39 is 11.8 Å². The van der Waals surface area contributed by atoms with Crippen molar-refractivity contribution in [1.29, 1.82) is 0 Å². The molecule has 0 aliphatic carbocycles. The van der Waals surface area contributed by atoms with Crippen LogP contribution in [0.5, 0.6) is 0 Å². The van der Waals surface area contributed by atoms with Crippen LogP contribution in [-0.4, -0.2) is 35.2 Å². The van der Waals surface area contributed by atoms with E-state index >= 15 is 0 Å². The first-order valence-corrected chi connectivity index (χ1v) is 8.97. The number of hydrogen-bond acceptors (Lipinski definition) is 4. The Morgan fingerprint density at radius 2 is 1.89 bits per heavy atom. The van der Waals surface area contributed by atoms with Gasteiger partial charge in [0.15, 0.2) is 5.11 Å². The third-order valence-electron chi connectivity index (χ3n) is 4.55. The minimum Gasteiger partial charge on any atom is -0.383 e. The molecule has 6 nitrogen and oxygen atoms in total. The normalized spacial score (nSPS) is 16.2. The number of amides is 2. The molecule has 1 aromatic carbocycles. The van der Waals surface area contributed by atoms with Gasteiger partial charge in [-0.3, -0.25) is 19.8 Å². The van der Waals surface area contributed by atoms with Crippen LogP contribution in [-0.2, 0) is 20.9 Å². The SMILES string of the molecule is COCCn1c(C)cc(/C=C2\C(=O)NC(=S)N(c3ccccc3)C2=O)c1C. The van der Waals surface area contributed by atoms with Gasteiger partial charge in [0.05, 0.1) is 12.3 Å². The molecule has 0 radical (unpaired) electrons. The fourth-order valence-electron chi connectivity index (χ4n) is 3.13. The molecule has 1 N–H and O–H groups in total. The molecule has 140 valence electrons. The number of hydrogen-bond donors (Lipinski definition) is 1. The van der Waals surface area contributed by atoms with Gasteiger partial charge in [0.1, 0.15) is 5.57 Å². The molecular weight excluding hydrogens is 362 g/mol. The summed E-state index contributed by atoms with van der Waals surface area (Å²) in [6.07, 6.45) is 1.63. The number of methoxy groups -OCH3 is 1. The zero-order valence-corrected chi connectivity index (χ0v) is 16.3. The molecular formula is C20H21N3O3S. The number of thiocarbonyl (C=S) groups is 1. The lowest BCUT2D eigenvalue weighted by molar-refractivity contribution is -0.122. The average molecular weight is 383 g/mol. The van der Waals surface area contributed by atoms with Crippen molar-refractivity contribution in [1.82, 2.24) is 9.88 Å². The fraction of sp³-hybridized carbons (Fsp3) is 0.250. The molecule has 0 saturated carbocycles. The van der Waals surface area contributed by atoms with Crippen molar-refractivity contribution in [2.24, 2.45) is 0 Å². The lowest BCUT2D eigenvalue weighted by Crippen LogP contribution is -2.54. The van der Waals surface area contributed by atoms with Gasteiger partial charge in [-0.05, 0) is 55.9 Å². The second kappa shape index (κ2) is 7.85. The maximum atomic E-state index is 13.0. The van der Waals surface area contributed by atoms with Crippen LogP contribution in [0.4, 0.5) is 5.69 Å². The highest BCUT2D eigenvalue weighted by Crippen LogP contribution is 2.24. The lowest BCUT2D eigenvalue weighted by atomic mass is 10.1. The molecule has 1 fully saturated rings. The minimum atomic E-state index is -0.487. The highest BCUT2D eigenvalue weighted by Gasteiger charge is 2.34. The summed E-state index contributed by atoms with van der Waals surface area (Å²) in [7, 11) is 1.66. The Hall–Kier alpha value is -2.77. The summed E-state index contributed by atoms with van der Waals surface area (Å²) in [4.78, 5) is 26.8. The Bertz CT molecular complexity index is 931. The summed E-state index contributed by atoms with van der Waals surface area (Å²) in [6, 6.07) is 11.0. The monoisotopic (exact) mass is 383 g/mol. The maximum Gasteiger partial charge on any atom is 0.270 e. The van der Waals surface area contributed by atoms with Crippen LogP contribution in [0, 0.1) is 13.8 Å². The van der Waals surface area contributed by atoms with Gasteiger partial charge >= 0.3 is 0 Å². The smallest absolute Gasteiger partial charge is 0.270 e. The summed E-state index contributed by atoms with van der Waals surface area (Å²) < 4.78 is 7.25. The second-order valence-electron chi connectivity index (χ2n) is 6.26. The summed E-state index contributed by atoms with van der Waals surface area (Å²) in [5.41, 5.74) is 3.50. The summed E-state index contributed by atoms with van der Waals surface area (Å²) in [5, 5.41) is 2.69.